The van der Waals surface area contributed by atoms with Crippen molar-refractivity contribution in [1.29, 1.82) is 0 Å². The zero-order valence-corrected chi connectivity index (χ0v) is 12.3. The molecule has 2 N–H and O–H groups in total. The minimum atomic E-state index is -0.274. The number of H-pyrrole nitrogens is 2. The second-order valence-electron chi connectivity index (χ2n) is 5.02. The first-order valence-corrected chi connectivity index (χ1v) is 6.74. The number of benzene rings is 1. The third-order valence-corrected chi connectivity index (χ3v) is 3.50. The number of hydrogen-bond acceptors (Lipinski definition) is 4. The van der Waals surface area contributed by atoms with Gasteiger partial charge in [0.25, 0.3) is 11.5 Å². The highest BCUT2D eigenvalue weighted by atomic mass is 32.1. The molecule has 0 bridgehead atoms. The average Bonchev–Trinajstić information content (AvgIpc) is 2.44. The predicted molar refractivity (Wildman–Crippen MR) is 79.6 cm³/mol. The van der Waals surface area contributed by atoms with Crippen LogP contribution in [0.4, 0.5) is 0 Å². The number of fused-ring (bicyclic) bond motifs is 2. The largest absolute Gasteiger partial charge is 0.440 e. The van der Waals surface area contributed by atoms with Crippen LogP contribution in [0.2, 0.25) is 0 Å². The summed E-state index contributed by atoms with van der Waals surface area (Å²) < 4.78 is 5.89. The molecule has 0 saturated heterocycles. The standard InChI is InChI=1S/C14H13N3O3S/c1-17(2)13(19)7-3-4-10-8(5-7)6-9-11(18)15-14(21)16-12(9)20-10/h3-5H,6H2,1-2H3,(H2,15,16,18,21). The van der Waals surface area contributed by atoms with E-state index in [0.717, 1.165) is 5.56 Å². The summed E-state index contributed by atoms with van der Waals surface area (Å²) in [5.41, 5.74) is 1.56. The van der Waals surface area contributed by atoms with Gasteiger partial charge in [-0.2, -0.15) is 0 Å². The molecule has 0 aliphatic carbocycles. The second-order valence-corrected chi connectivity index (χ2v) is 5.43. The summed E-state index contributed by atoms with van der Waals surface area (Å²) in [7, 11) is 3.39. The molecule has 1 aromatic carbocycles. The van der Waals surface area contributed by atoms with Gasteiger partial charge in [-0.25, -0.2) is 0 Å². The molecule has 2 aromatic rings. The number of aromatic nitrogens is 2. The van der Waals surface area contributed by atoms with Crippen molar-refractivity contribution >= 4 is 18.1 Å². The molecule has 108 valence electrons. The molecule has 1 aliphatic rings. The van der Waals surface area contributed by atoms with Crippen LogP contribution in [-0.4, -0.2) is 34.9 Å². The van der Waals surface area contributed by atoms with Gasteiger partial charge < -0.3 is 14.6 Å². The molecular formula is C14H13N3O3S. The van der Waals surface area contributed by atoms with Gasteiger partial charge in [0.2, 0.25) is 5.88 Å². The smallest absolute Gasteiger partial charge is 0.259 e. The van der Waals surface area contributed by atoms with E-state index < -0.39 is 0 Å². The molecule has 0 atom stereocenters. The van der Waals surface area contributed by atoms with E-state index in [1.807, 2.05) is 0 Å². The van der Waals surface area contributed by atoms with Gasteiger partial charge in [-0.05, 0) is 30.4 Å². The quantitative estimate of drug-likeness (QED) is 0.672. The van der Waals surface area contributed by atoms with Crippen molar-refractivity contribution in [2.24, 2.45) is 0 Å². The van der Waals surface area contributed by atoms with E-state index in [2.05, 4.69) is 9.97 Å². The maximum atomic E-state index is 12.0. The second kappa shape index (κ2) is 4.85. The average molecular weight is 303 g/mol. The van der Waals surface area contributed by atoms with E-state index in [-0.39, 0.29) is 16.2 Å². The maximum absolute atomic E-state index is 12.0. The Bertz CT molecular complexity index is 851. The number of ether oxygens (including phenoxy) is 1. The molecule has 0 fully saturated rings. The van der Waals surface area contributed by atoms with Crippen molar-refractivity contribution in [2.45, 2.75) is 6.42 Å². The van der Waals surface area contributed by atoms with Crippen LogP contribution in [0.25, 0.3) is 0 Å². The Morgan fingerprint density at radius 1 is 1.33 bits per heavy atom. The van der Waals surface area contributed by atoms with Crippen LogP contribution >= 0.6 is 12.2 Å². The number of rotatable bonds is 1. The monoisotopic (exact) mass is 303 g/mol. The summed E-state index contributed by atoms with van der Waals surface area (Å²) in [6.45, 7) is 0. The molecule has 2 heterocycles. The summed E-state index contributed by atoms with van der Waals surface area (Å²) in [5.74, 6) is 0.891. The number of amides is 1. The summed E-state index contributed by atoms with van der Waals surface area (Å²) in [5, 5.41) is 0. The van der Waals surface area contributed by atoms with Crippen molar-refractivity contribution < 1.29 is 9.53 Å². The summed E-state index contributed by atoms with van der Waals surface area (Å²) in [6.07, 6.45) is 0.390. The lowest BCUT2D eigenvalue weighted by atomic mass is 10.0. The molecule has 1 aromatic heterocycles. The Hall–Kier alpha value is -2.41. The fourth-order valence-electron chi connectivity index (χ4n) is 2.25. The SMILES string of the molecule is CN(C)C(=O)c1ccc2c(c1)Cc1c([nH]c(=S)[nH]c1=O)O2. The van der Waals surface area contributed by atoms with E-state index in [4.69, 9.17) is 17.0 Å². The third kappa shape index (κ3) is 2.36. The van der Waals surface area contributed by atoms with E-state index in [9.17, 15) is 9.59 Å². The number of aromatic amines is 2. The molecule has 0 saturated carbocycles. The van der Waals surface area contributed by atoms with Crippen molar-refractivity contribution in [3.63, 3.8) is 0 Å². The lowest BCUT2D eigenvalue weighted by molar-refractivity contribution is 0.0827. The number of carbonyl (C=O) groups is 1. The molecule has 0 spiro atoms. The first-order valence-electron chi connectivity index (χ1n) is 6.33. The van der Waals surface area contributed by atoms with Gasteiger partial charge in [-0.15, -0.1) is 0 Å². The Morgan fingerprint density at radius 3 is 2.81 bits per heavy atom. The van der Waals surface area contributed by atoms with E-state index in [0.29, 0.717) is 29.2 Å². The van der Waals surface area contributed by atoms with Gasteiger partial charge in [0.1, 0.15) is 5.75 Å². The van der Waals surface area contributed by atoms with Crippen molar-refractivity contribution in [3.8, 4) is 11.6 Å². The maximum Gasteiger partial charge on any atom is 0.259 e. The van der Waals surface area contributed by atoms with Gasteiger partial charge in [-0.1, -0.05) is 0 Å². The minimum absolute atomic E-state index is 0.0926. The molecule has 0 radical (unpaired) electrons. The van der Waals surface area contributed by atoms with Crippen LogP contribution in [0.5, 0.6) is 11.6 Å². The Balaban J connectivity index is 2.06. The third-order valence-electron chi connectivity index (χ3n) is 3.30. The summed E-state index contributed by atoms with van der Waals surface area (Å²) >= 11 is 4.93. The molecule has 6 nitrogen and oxygen atoms in total. The summed E-state index contributed by atoms with van der Waals surface area (Å²) in [6, 6.07) is 5.18. The van der Waals surface area contributed by atoms with Crippen molar-refractivity contribution in [2.75, 3.05) is 14.1 Å². The zero-order valence-electron chi connectivity index (χ0n) is 11.5. The van der Waals surface area contributed by atoms with Gasteiger partial charge in [-0.3, -0.25) is 14.6 Å². The van der Waals surface area contributed by atoms with Crippen LogP contribution < -0.4 is 10.3 Å². The topological polar surface area (TPSA) is 78.2 Å². The Kier molecular flexibility index (Phi) is 3.13. The highest BCUT2D eigenvalue weighted by molar-refractivity contribution is 7.71. The van der Waals surface area contributed by atoms with Crippen LogP contribution in [0.1, 0.15) is 21.5 Å². The van der Waals surface area contributed by atoms with E-state index in [1.165, 1.54) is 4.90 Å². The fourth-order valence-corrected chi connectivity index (χ4v) is 2.43. The molecule has 0 unspecified atom stereocenters. The minimum Gasteiger partial charge on any atom is -0.440 e. The number of nitrogens with one attached hydrogen (secondary N) is 2. The lowest BCUT2D eigenvalue weighted by Gasteiger charge is -2.20. The Morgan fingerprint density at radius 2 is 2.10 bits per heavy atom. The lowest BCUT2D eigenvalue weighted by Crippen LogP contribution is -2.23. The van der Waals surface area contributed by atoms with Gasteiger partial charge >= 0.3 is 0 Å². The highest BCUT2D eigenvalue weighted by Crippen LogP contribution is 2.33. The molecule has 1 amide bonds. The number of nitrogens with zero attached hydrogens (tertiary/aromatic N) is 1. The molecule has 1 aliphatic heterocycles. The molecule has 3 rings (SSSR count). The van der Waals surface area contributed by atoms with E-state index >= 15 is 0 Å². The zero-order chi connectivity index (χ0) is 15.1. The summed E-state index contributed by atoms with van der Waals surface area (Å²) in [4.78, 5) is 30.8. The first-order chi connectivity index (χ1) is 9.95. The Labute approximate surface area is 125 Å². The molecule has 21 heavy (non-hydrogen) atoms. The van der Waals surface area contributed by atoms with Crippen LogP contribution in [0.15, 0.2) is 23.0 Å². The van der Waals surface area contributed by atoms with Crippen LogP contribution in [0, 0.1) is 4.77 Å². The predicted octanol–water partition coefficient (Wildman–Crippen LogP) is 1.83. The van der Waals surface area contributed by atoms with Crippen LogP contribution in [-0.2, 0) is 6.42 Å². The van der Waals surface area contributed by atoms with Gasteiger partial charge in [0.15, 0.2) is 4.77 Å². The number of carbonyl (C=O) groups excluding carboxylic acids is 1. The van der Waals surface area contributed by atoms with Crippen molar-refractivity contribution in [1.82, 2.24) is 14.9 Å². The van der Waals surface area contributed by atoms with Gasteiger partial charge in [0.05, 0.1) is 5.56 Å². The highest BCUT2D eigenvalue weighted by Gasteiger charge is 2.22. The fraction of sp³-hybridized carbons (Fsp3) is 0.214. The van der Waals surface area contributed by atoms with Crippen molar-refractivity contribution in [3.05, 3.63) is 50.0 Å². The normalized spacial score (nSPS) is 12.1. The number of hydrogen-bond donors (Lipinski definition) is 2. The van der Waals surface area contributed by atoms with E-state index in [1.54, 1.807) is 32.3 Å². The first kappa shape index (κ1) is 13.6. The molecular weight excluding hydrogens is 290 g/mol. The van der Waals surface area contributed by atoms with Crippen LogP contribution in [0.3, 0.4) is 0 Å². The molecule has 7 heteroatoms. The van der Waals surface area contributed by atoms with Gasteiger partial charge in [0, 0.05) is 31.6 Å².